The van der Waals surface area contributed by atoms with Gasteiger partial charge in [-0.1, -0.05) is 11.6 Å². The van der Waals surface area contributed by atoms with Crippen LogP contribution in [0.2, 0.25) is 5.02 Å². The number of aromatic hydroxyl groups is 1. The van der Waals surface area contributed by atoms with Crippen molar-refractivity contribution in [1.29, 1.82) is 0 Å². The zero-order valence-corrected chi connectivity index (χ0v) is 31.8. The SMILES string of the molecule is CN=Cc1cc(-c2ncc3cc(N4CCN[C@@H](C5CN(c6cnc7nc(-c8cc(F)c9nn(C)cc9c8)cc(Cl)c7c6)CCN5)C4)cnc3n2)c(O)c(C)c1N. The molecule has 7 heterocycles. The van der Waals surface area contributed by atoms with Gasteiger partial charge >= 0.3 is 0 Å². The number of nitrogens with one attached hydrogen (secondary N) is 2. The number of phenols is 1. The molecular weight excluding hydrogens is 733 g/mol. The molecule has 56 heavy (non-hydrogen) atoms. The molecular formula is C40H39ClFN13O. The third kappa shape index (κ3) is 6.46. The smallest absolute Gasteiger partial charge is 0.165 e. The Bertz CT molecular complexity index is 2700. The van der Waals surface area contributed by atoms with Crippen LogP contribution in [0.15, 0.2) is 66.2 Å². The predicted molar refractivity (Wildman–Crippen MR) is 219 cm³/mol. The van der Waals surface area contributed by atoms with E-state index < -0.39 is 5.82 Å². The first-order valence-corrected chi connectivity index (χ1v) is 18.7. The summed E-state index contributed by atoms with van der Waals surface area (Å²) < 4.78 is 16.5. The maximum absolute atomic E-state index is 14.9. The number of anilines is 3. The Hall–Kier alpha value is -6.03. The average molecular weight is 772 g/mol. The fourth-order valence-electron chi connectivity index (χ4n) is 7.78. The predicted octanol–water partition coefficient (Wildman–Crippen LogP) is 4.88. The maximum atomic E-state index is 14.9. The molecule has 7 aromatic rings. The molecule has 9 rings (SSSR count). The van der Waals surface area contributed by atoms with Crippen molar-refractivity contribution in [3.05, 3.63) is 83.2 Å². The van der Waals surface area contributed by atoms with Gasteiger partial charge in [0.1, 0.15) is 11.3 Å². The second kappa shape index (κ2) is 14.2. The molecule has 1 unspecified atom stereocenters. The molecule has 0 bridgehead atoms. The Labute approximate surface area is 326 Å². The van der Waals surface area contributed by atoms with Crippen LogP contribution in [0, 0.1) is 12.7 Å². The standard InChI is InChI=1S/C40H39ClFN13O/c1-21-35(43)23(14-44-2)10-29(37(21)56)40-47-15-24-9-26(16-48-38(24)51-40)54-6-4-45-33(19-54)34-20-55(7-5-46-34)27-12-28-30(41)13-32(50-39(28)49-17-27)22-8-25-18-53(3)52-36(25)31(42)11-22/h8-18,33-34,45-46,56H,4-7,19-20,43H2,1-3H3/t33-,34?/m1/s1. The molecule has 5 aromatic heterocycles. The van der Waals surface area contributed by atoms with Crippen molar-refractivity contribution in [2.45, 2.75) is 19.0 Å². The number of aryl methyl sites for hydroxylation is 1. The van der Waals surface area contributed by atoms with Crippen LogP contribution < -0.4 is 26.2 Å². The molecule has 2 aliphatic rings. The summed E-state index contributed by atoms with van der Waals surface area (Å²) in [6, 6.07) is 11.2. The lowest BCUT2D eigenvalue weighted by atomic mass is 10.0. The number of aromatic nitrogens is 7. The Kier molecular flexibility index (Phi) is 9.06. The number of pyridine rings is 3. The van der Waals surface area contributed by atoms with Crippen molar-refractivity contribution >= 4 is 67.8 Å². The van der Waals surface area contributed by atoms with Crippen molar-refractivity contribution < 1.29 is 9.50 Å². The van der Waals surface area contributed by atoms with Gasteiger partial charge in [-0.15, -0.1) is 0 Å². The van der Waals surface area contributed by atoms with E-state index in [-0.39, 0.29) is 17.8 Å². The summed E-state index contributed by atoms with van der Waals surface area (Å²) in [5.74, 6) is -0.0132. The van der Waals surface area contributed by atoms with E-state index >= 15 is 0 Å². The lowest BCUT2D eigenvalue weighted by molar-refractivity contribution is 0.326. The van der Waals surface area contributed by atoms with Crippen LogP contribution in [0.1, 0.15) is 11.1 Å². The molecule has 2 atom stereocenters. The summed E-state index contributed by atoms with van der Waals surface area (Å²) in [4.78, 5) is 32.3. The van der Waals surface area contributed by atoms with Gasteiger partial charge in [0.2, 0.25) is 0 Å². The van der Waals surface area contributed by atoms with Crippen molar-refractivity contribution in [2.75, 3.05) is 61.8 Å². The van der Waals surface area contributed by atoms with E-state index in [0.717, 1.165) is 61.4 Å². The minimum atomic E-state index is -0.411. The van der Waals surface area contributed by atoms with Crippen molar-refractivity contribution in [3.63, 3.8) is 0 Å². The number of fused-ring (bicyclic) bond motifs is 3. The van der Waals surface area contributed by atoms with Crippen LogP contribution in [-0.4, -0.2) is 104 Å². The second-order valence-electron chi connectivity index (χ2n) is 14.4. The van der Waals surface area contributed by atoms with Crippen LogP contribution in [0.4, 0.5) is 21.5 Å². The molecule has 0 spiro atoms. The largest absolute Gasteiger partial charge is 0.507 e. The Balaban J connectivity index is 0.911. The minimum absolute atomic E-state index is 0.0367. The number of piperazine rings is 2. The molecule has 14 nitrogen and oxygen atoms in total. The number of halogens is 2. The number of hydrogen-bond donors (Lipinski definition) is 4. The molecule has 2 fully saturated rings. The van der Waals surface area contributed by atoms with E-state index in [9.17, 15) is 9.50 Å². The fourth-order valence-corrected chi connectivity index (χ4v) is 8.02. The topological polar surface area (TPSA) is 171 Å². The van der Waals surface area contributed by atoms with Crippen LogP contribution in [0.25, 0.3) is 55.6 Å². The number of rotatable bonds is 6. The summed E-state index contributed by atoms with van der Waals surface area (Å²) in [6.45, 7) is 6.56. The van der Waals surface area contributed by atoms with Crippen molar-refractivity contribution in [3.8, 4) is 28.4 Å². The van der Waals surface area contributed by atoms with E-state index in [1.807, 2.05) is 24.5 Å². The van der Waals surface area contributed by atoms with Gasteiger partial charge in [0.15, 0.2) is 22.9 Å². The van der Waals surface area contributed by atoms with E-state index in [2.05, 4.69) is 41.6 Å². The maximum Gasteiger partial charge on any atom is 0.165 e. The molecule has 2 aromatic carbocycles. The van der Waals surface area contributed by atoms with E-state index in [1.54, 1.807) is 56.4 Å². The van der Waals surface area contributed by atoms with Gasteiger partial charge in [-0.05, 0) is 43.3 Å². The number of benzene rings is 2. The molecule has 16 heteroatoms. The number of nitrogens with zero attached hydrogens (tertiary/aromatic N) is 10. The summed E-state index contributed by atoms with van der Waals surface area (Å²) in [5.41, 5.74) is 12.8. The first kappa shape index (κ1) is 35.7. The van der Waals surface area contributed by atoms with E-state index in [1.165, 1.54) is 6.07 Å². The monoisotopic (exact) mass is 771 g/mol. The zero-order chi connectivity index (χ0) is 38.7. The summed E-state index contributed by atoms with van der Waals surface area (Å²) in [5, 5.41) is 25.3. The molecule has 5 N–H and O–H groups in total. The minimum Gasteiger partial charge on any atom is -0.507 e. The van der Waals surface area contributed by atoms with Crippen LogP contribution in [0.5, 0.6) is 5.75 Å². The Morgan fingerprint density at radius 1 is 0.911 bits per heavy atom. The fraction of sp³-hybridized carbons (Fsp3) is 0.275. The third-order valence-electron chi connectivity index (χ3n) is 10.8. The van der Waals surface area contributed by atoms with Gasteiger partial charge in [-0.25, -0.2) is 29.3 Å². The van der Waals surface area contributed by atoms with E-state index in [4.69, 9.17) is 37.3 Å². The lowest BCUT2D eigenvalue weighted by Gasteiger charge is -2.43. The van der Waals surface area contributed by atoms with Crippen LogP contribution in [-0.2, 0) is 7.05 Å². The van der Waals surface area contributed by atoms with Gasteiger partial charge in [0.05, 0.1) is 40.0 Å². The quantitative estimate of drug-likeness (QED) is 0.134. The molecule has 0 aliphatic carbocycles. The lowest BCUT2D eigenvalue weighted by Crippen LogP contribution is -2.65. The highest BCUT2D eigenvalue weighted by atomic mass is 35.5. The highest BCUT2D eigenvalue weighted by Gasteiger charge is 2.31. The number of nitrogens with two attached hydrogens (primary N) is 1. The highest BCUT2D eigenvalue weighted by Crippen LogP contribution is 2.36. The number of nitrogen functional groups attached to an aromatic ring is 1. The van der Waals surface area contributed by atoms with Crippen LogP contribution in [0.3, 0.4) is 0 Å². The normalized spacial score (nSPS) is 17.9. The van der Waals surface area contributed by atoms with Crippen molar-refractivity contribution in [2.24, 2.45) is 12.0 Å². The molecule has 0 saturated carbocycles. The van der Waals surface area contributed by atoms with Crippen molar-refractivity contribution in [1.82, 2.24) is 45.3 Å². The summed E-state index contributed by atoms with van der Waals surface area (Å²) in [7, 11) is 3.43. The van der Waals surface area contributed by atoms with Gasteiger partial charge in [0, 0.05) is 123 Å². The average Bonchev–Trinajstić information content (AvgIpc) is 3.61. The highest BCUT2D eigenvalue weighted by molar-refractivity contribution is 6.35. The first-order chi connectivity index (χ1) is 27.1. The van der Waals surface area contributed by atoms with Crippen LogP contribution >= 0.6 is 11.6 Å². The molecule has 2 saturated heterocycles. The Morgan fingerprint density at radius 3 is 2.36 bits per heavy atom. The Morgan fingerprint density at radius 2 is 1.62 bits per heavy atom. The first-order valence-electron chi connectivity index (χ1n) is 18.4. The zero-order valence-electron chi connectivity index (χ0n) is 31.0. The molecule has 2 aliphatic heterocycles. The third-order valence-corrected chi connectivity index (χ3v) is 11.1. The van der Waals surface area contributed by atoms with Gasteiger partial charge in [0.25, 0.3) is 0 Å². The number of phenolic OH excluding ortho intramolecular Hbond substituents is 1. The molecule has 284 valence electrons. The number of hydrogen-bond acceptors (Lipinski definition) is 13. The number of aliphatic imine (C=N–C) groups is 1. The summed E-state index contributed by atoms with van der Waals surface area (Å²) in [6.07, 6.45) is 8.86. The van der Waals surface area contributed by atoms with Gasteiger partial charge < -0.3 is 31.3 Å². The van der Waals surface area contributed by atoms with Gasteiger partial charge in [-0.2, -0.15) is 5.10 Å². The summed E-state index contributed by atoms with van der Waals surface area (Å²) >= 11 is 6.85. The second-order valence-corrected chi connectivity index (χ2v) is 14.8. The van der Waals surface area contributed by atoms with Gasteiger partial charge in [-0.3, -0.25) is 9.67 Å². The van der Waals surface area contributed by atoms with E-state index in [0.29, 0.717) is 66.7 Å². The molecule has 0 radical (unpaired) electrons. The molecule has 0 amide bonds.